The van der Waals surface area contributed by atoms with Gasteiger partial charge in [-0.3, -0.25) is 4.90 Å². The first-order chi connectivity index (χ1) is 6.24. The summed E-state index contributed by atoms with van der Waals surface area (Å²) in [6.45, 7) is 9.37. The number of rotatable bonds is 8. The lowest BCUT2D eigenvalue weighted by Gasteiger charge is -2.23. The molecule has 0 bridgehead atoms. The van der Waals surface area contributed by atoms with E-state index in [-0.39, 0.29) is 6.04 Å². The summed E-state index contributed by atoms with van der Waals surface area (Å²) in [6.07, 6.45) is 3.06. The molecule has 0 radical (unpaired) electrons. The minimum Gasteiger partial charge on any atom is -0.383 e. The third-order valence-electron chi connectivity index (χ3n) is 1.80. The van der Waals surface area contributed by atoms with Gasteiger partial charge in [-0.1, -0.05) is 13.0 Å². The second-order valence-corrected chi connectivity index (χ2v) is 3.26. The van der Waals surface area contributed by atoms with Crippen LogP contribution < -0.4 is 5.73 Å². The fourth-order valence-corrected chi connectivity index (χ4v) is 1.35. The minimum absolute atomic E-state index is 0.108. The third kappa shape index (κ3) is 6.75. The summed E-state index contributed by atoms with van der Waals surface area (Å²) in [5, 5.41) is 0. The Hall–Kier alpha value is -0.380. The highest BCUT2D eigenvalue weighted by Gasteiger charge is 2.07. The zero-order valence-electron chi connectivity index (χ0n) is 8.83. The second kappa shape index (κ2) is 8.23. The van der Waals surface area contributed by atoms with Gasteiger partial charge in [-0.25, -0.2) is 0 Å². The fraction of sp³-hybridized carbons (Fsp3) is 0.800. The van der Waals surface area contributed by atoms with E-state index in [0.29, 0.717) is 6.61 Å². The van der Waals surface area contributed by atoms with Crippen molar-refractivity contribution >= 4 is 0 Å². The Morgan fingerprint density at radius 2 is 2.31 bits per heavy atom. The summed E-state index contributed by atoms with van der Waals surface area (Å²) in [5.41, 5.74) is 5.84. The van der Waals surface area contributed by atoms with E-state index < -0.39 is 0 Å². The molecule has 0 aromatic rings. The van der Waals surface area contributed by atoms with Gasteiger partial charge in [0.2, 0.25) is 0 Å². The maximum atomic E-state index is 5.84. The number of hydrogen-bond acceptors (Lipinski definition) is 3. The maximum Gasteiger partial charge on any atom is 0.0626 e. The zero-order valence-corrected chi connectivity index (χ0v) is 8.83. The van der Waals surface area contributed by atoms with E-state index in [0.717, 1.165) is 26.1 Å². The van der Waals surface area contributed by atoms with Crippen molar-refractivity contribution in [3.63, 3.8) is 0 Å². The molecule has 13 heavy (non-hydrogen) atoms. The van der Waals surface area contributed by atoms with Gasteiger partial charge < -0.3 is 10.5 Å². The van der Waals surface area contributed by atoms with Crippen molar-refractivity contribution in [3.8, 4) is 0 Å². The van der Waals surface area contributed by atoms with E-state index in [2.05, 4.69) is 18.4 Å². The van der Waals surface area contributed by atoms with E-state index in [9.17, 15) is 0 Å². The molecule has 0 rings (SSSR count). The van der Waals surface area contributed by atoms with Crippen LogP contribution in [0.1, 0.15) is 13.3 Å². The van der Waals surface area contributed by atoms with Crippen molar-refractivity contribution in [1.82, 2.24) is 4.90 Å². The Labute approximate surface area is 81.5 Å². The van der Waals surface area contributed by atoms with Crippen molar-refractivity contribution in [2.45, 2.75) is 19.4 Å². The predicted molar refractivity (Wildman–Crippen MR) is 56.8 cm³/mol. The highest BCUT2D eigenvalue weighted by Crippen LogP contribution is 1.94. The van der Waals surface area contributed by atoms with Crippen LogP contribution in [0.2, 0.25) is 0 Å². The van der Waals surface area contributed by atoms with E-state index >= 15 is 0 Å². The SMILES string of the molecule is C=CCN(CCC)CC(N)COC. The largest absolute Gasteiger partial charge is 0.383 e. The van der Waals surface area contributed by atoms with Gasteiger partial charge in [-0.15, -0.1) is 6.58 Å². The molecule has 78 valence electrons. The summed E-state index contributed by atoms with van der Waals surface area (Å²) in [6, 6.07) is 0.108. The van der Waals surface area contributed by atoms with Crippen LogP contribution >= 0.6 is 0 Å². The second-order valence-electron chi connectivity index (χ2n) is 3.26. The molecule has 0 fully saturated rings. The van der Waals surface area contributed by atoms with Gasteiger partial charge in [0.15, 0.2) is 0 Å². The quantitative estimate of drug-likeness (QED) is 0.571. The molecule has 0 aliphatic heterocycles. The first-order valence-electron chi connectivity index (χ1n) is 4.82. The molecule has 0 aliphatic carbocycles. The highest BCUT2D eigenvalue weighted by atomic mass is 16.5. The molecule has 2 N–H and O–H groups in total. The Kier molecular flexibility index (Phi) is 7.99. The maximum absolute atomic E-state index is 5.84. The average Bonchev–Trinajstić information content (AvgIpc) is 2.05. The van der Waals surface area contributed by atoms with Crippen molar-refractivity contribution in [1.29, 1.82) is 0 Å². The molecule has 0 aromatic heterocycles. The molecule has 3 nitrogen and oxygen atoms in total. The summed E-state index contributed by atoms with van der Waals surface area (Å²) in [5.74, 6) is 0. The number of ether oxygens (including phenoxy) is 1. The van der Waals surface area contributed by atoms with Gasteiger partial charge in [0, 0.05) is 26.2 Å². The number of methoxy groups -OCH3 is 1. The third-order valence-corrected chi connectivity index (χ3v) is 1.80. The molecular weight excluding hydrogens is 164 g/mol. The molecule has 3 heteroatoms. The van der Waals surface area contributed by atoms with Gasteiger partial charge in [0.25, 0.3) is 0 Å². The first-order valence-corrected chi connectivity index (χ1v) is 4.82. The van der Waals surface area contributed by atoms with Crippen molar-refractivity contribution in [3.05, 3.63) is 12.7 Å². The van der Waals surface area contributed by atoms with Gasteiger partial charge >= 0.3 is 0 Å². The summed E-state index contributed by atoms with van der Waals surface area (Å²) in [4.78, 5) is 2.29. The summed E-state index contributed by atoms with van der Waals surface area (Å²) < 4.78 is 4.98. The van der Waals surface area contributed by atoms with Crippen LogP contribution in [-0.4, -0.2) is 44.3 Å². The summed E-state index contributed by atoms with van der Waals surface area (Å²) >= 11 is 0. The topological polar surface area (TPSA) is 38.5 Å². The van der Waals surface area contributed by atoms with E-state index in [1.54, 1.807) is 7.11 Å². The number of hydrogen-bond donors (Lipinski definition) is 1. The van der Waals surface area contributed by atoms with Crippen LogP contribution in [0.4, 0.5) is 0 Å². The van der Waals surface area contributed by atoms with Crippen LogP contribution in [0.15, 0.2) is 12.7 Å². The fourth-order valence-electron chi connectivity index (χ4n) is 1.35. The lowest BCUT2D eigenvalue weighted by Crippen LogP contribution is -2.40. The molecule has 1 unspecified atom stereocenters. The highest BCUT2D eigenvalue weighted by molar-refractivity contribution is 4.76. The molecule has 0 aromatic carbocycles. The molecule has 0 saturated heterocycles. The predicted octanol–water partition coefficient (Wildman–Crippen LogP) is 0.858. The summed E-state index contributed by atoms with van der Waals surface area (Å²) in [7, 11) is 1.68. The smallest absolute Gasteiger partial charge is 0.0626 e. The van der Waals surface area contributed by atoms with Crippen molar-refractivity contribution < 1.29 is 4.74 Å². The van der Waals surface area contributed by atoms with Crippen LogP contribution in [0.25, 0.3) is 0 Å². The Balaban J connectivity index is 3.71. The van der Waals surface area contributed by atoms with Crippen LogP contribution in [-0.2, 0) is 4.74 Å². The molecule has 0 aliphatic rings. The van der Waals surface area contributed by atoms with E-state index in [1.807, 2.05) is 6.08 Å². The number of nitrogens with two attached hydrogens (primary N) is 1. The van der Waals surface area contributed by atoms with Gasteiger partial charge in [0.1, 0.15) is 0 Å². The monoisotopic (exact) mass is 186 g/mol. The van der Waals surface area contributed by atoms with E-state index in [4.69, 9.17) is 10.5 Å². The standard InChI is InChI=1S/C10H22N2O/c1-4-6-12(7-5-2)8-10(11)9-13-3/h4,10H,1,5-9,11H2,2-3H3. The van der Waals surface area contributed by atoms with Gasteiger partial charge in [-0.05, 0) is 13.0 Å². The Morgan fingerprint density at radius 3 is 2.77 bits per heavy atom. The molecule has 0 saturated carbocycles. The Bertz CT molecular complexity index is 128. The lowest BCUT2D eigenvalue weighted by molar-refractivity contribution is 0.157. The first kappa shape index (κ1) is 12.6. The normalized spacial score (nSPS) is 13.2. The molecule has 0 amide bonds. The number of nitrogens with zero attached hydrogens (tertiary/aromatic N) is 1. The lowest BCUT2D eigenvalue weighted by atomic mass is 10.3. The molecular formula is C10H22N2O. The van der Waals surface area contributed by atoms with Crippen molar-refractivity contribution in [2.75, 3.05) is 33.4 Å². The zero-order chi connectivity index (χ0) is 10.1. The average molecular weight is 186 g/mol. The van der Waals surface area contributed by atoms with E-state index in [1.165, 1.54) is 0 Å². The molecule has 1 atom stereocenters. The van der Waals surface area contributed by atoms with Crippen LogP contribution in [0.3, 0.4) is 0 Å². The minimum atomic E-state index is 0.108. The van der Waals surface area contributed by atoms with Crippen LogP contribution in [0, 0.1) is 0 Å². The van der Waals surface area contributed by atoms with Crippen LogP contribution in [0.5, 0.6) is 0 Å². The molecule has 0 heterocycles. The Morgan fingerprint density at radius 1 is 1.62 bits per heavy atom. The molecule has 0 spiro atoms. The van der Waals surface area contributed by atoms with Crippen molar-refractivity contribution in [2.24, 2.45) is 5.73 Å². The van der Waals surface area contributed by atoms with Gasteiger partial charge in [0.05, 0.1) is 6.61 Å². The van der Waals surface area contributed by atoms with Gasteiger partial charge in [-0.2, -0.15) is 0 Å².